The number of esters is 2. The molecule has 3 N–H and O–H groups in total. The van der Waals surface area contributed by atoms with Crippen LogP contribution in [0.15, 0.2) is 70.9 Å². The predicted octanol–water partition coefficient (Wildman–Crippen LogP) is 5.87. The van der Waals surface area contributed by atoms with Crippen LogP contribution >= 0.6 is 0 Å². The molecule has 16 heteroatoms. The number of hydrogen-bond donors (Lipinski definition) is 3. The van der Waals surface area contributed by atoms with Crippen LogP contribution in [-0.2, 0) is 61.7 Å². The van der Waals surface area contributed by atoms with E-state index in [-0.39, 0.29) is 49.1 Å². The van der Waals surface area contributed by atoms with Gasteiger partial charge in [-0.05, 0) is 69.8 Å². The van der Waals surface area contributed by atoms with E-state index < -0.39 is 109 Å². The fourth-order valence-electron chi connectivity index (χ4n) is 11.0. The molecule has 6 aliphatic heterocycles. The lowest BCUT2D eigenvalue weighted by Gasteiger charge is -2.48. The van der Waals surface area contributed by atoms with Crippen LogP contribution < -0.4 is 0 Å². The Kier molecular flexibility index (Phi) is 17.7. The predicted molar refractivity (Wildman–Crippen MR) is 252 cm³/mol. The van der Waals surface area contributed by atoms with Crippen LogP contribution in [0.1, 0.15) is 101 Å². The number of aliphatic hydroxyl groups is 3. The van der Waals surface area contributed by atoms with E-state index in [9.17, 15) is 24.9 Å². The van der Waals surface area contributed by atoms with Crippen molar-refractivity contribution in [2.45, 2.75) is 198 Å². The summed E-state index contributed by atoms with van der Waals surface area (Å²) in [6.45, 7) is 17.3. The highest BCUT2D eigenvalue weighted by Gasteiger charge is 2.61. The Morgan fingerprint density at radius 3 is 2.36 bits per heavy atom. The summed E-state index contributed by atoms with van der Waals surface area (Å²) in [4.78, 5) is 27.3. The maximum atomic E-state index is 14.7. The van der Waals surface area contributed by atoms with Crippen molar-refractivity contribution in [3.05, 3.63) is 70.9 Å². The normalized spacial score (nSPS) is 45.2. The highest BCUT2D eigenvalue weighted by molar-refractivity contribution is 5.83. The van der Waals surface area contributed by atoms with Gasteiger partial charge in [-0.3, -0.25) is 4.79 Å². The van der Waals surface area contributed by atoms with Gasteiger partial charge in [0.2, 0.25) is 0 Å². The third-order valence-electron chi connectivity index (χ3n) is 15.2. The summed E-state index contributed by atoms with van der Waals surface area (Å²) < 4.78 is 69.4. The van der Waals surface area contributed by atoms with Gasteiger partial charge in [0.15, 0.2) is 18.4 Å². The number of fused-ring (bicyclic) bond motifs is 2. The van der Waals surface area contributed by atoms with Gasteiger partial charge in [0.1, 0.15) is 48.6 Å². The van der Waals surface area contributed by atoms with Gasteiger partial charge in [0.05, 0.1) is 49.3 Å². The second kappa shape index (κ2) is 22.8. The first kappa shape index (κ1) is 53.7. The zero-order valence-electron chi connectivity index (χ0n) is 42.3. The molecule has 0 amide bonds. The van der Waals surface area contributed by atoms with Crippen molar-refractivity contribution in [2.75, 3.05) is 27.4 Å². The average molecular weight is 971 g/mol. The van der Waals surface area contributed by atoms with Crippen molar-refractivity contribution in [1.82, 2.24) is 0 Å². The molecule has 386 valence electrons. The molecule has 0 aromatic rings. The quantitative estimate of drug-likeness (QED) is 0.126. The van der Waals surface area contributed by atoms with Crippen molar-refractivity contribution in [2.24, 2.45) is 23.7 Å². The molecule has 7 rings (SSSR count). The van der Waals surface area contributed by atoms with Crippen LogP contribution in [-0.4, -0.2) is 152 Å². The minimum Gasteiger partial charge on any atom is -0.462 e. The number of ether oxygens (including phenoxy) is 11. The molecule has 69 heavy (non-hydrogen) atoms. The van der Waals surface area contributed by atoms with Gasteiger partial charge in [0, 0.05) is 57.8 Å². The molecule has 4 saturated heterocycles. The Hall–Kier alpha value is -3.10. The average Bonchev–Trinajstić information content (AvgIpc) is 3.65. The van der Waals surface area contributed by atoms with E-state index in [4.69, 9.17) is 52.1 Å². The van der Waals surface area contributed by atoms with Gasteiger partial charge in [-0.1, -0.05) is 76.1 Å². The summed E-state index contributed by atoms with van der Waals surface area (Å²) in [5.74, 6) is -3.73. The van der Waals surface area contributed by atoms with Gasteiger partial charge in [-0.2, -0.15) is 0 Å². The van der Waals surface area contributed by atoms with Gasteiger partial charge in [-0.25, -0.2) is 4.79 Å². The Balaban J connectivity index is 1.21. The number of hydrogen-bond acceptors (Lipinski definition) is 16. The Morgan fingerprint density at radius 1 is 0.942 bits per heavy atom. The minimum absolute atomic E-state index is 0.0818. The third kappa shape index (κ3) is 11.9. The number of methoxy groups -OCH3 is 2. The van der Waals surface area contributed by atoms with E-state index >= 15 is 0 Å². The Bertz CT molecular complexity index is 1990. The molecule has 16 nitrogen and oxygen atoms in total. The molecule has 0 saturated carbocycles. The van der Waals surface area contributed by atoms with Crippen molar-refractivity contribution in [3.8, 4) is 0 Å². The fraction of sp³-hybridized carbons (Fsp3) is 0.736. The van der Waals surface area contributed by atoms with Gasteiger partial charge < -0.3 is 67.4 Å². The van der Waals surface area contributed by atoms with Crippen LogP contribution in [0, 0.1) is 23.7 Å². The van der Waals surface area contributed by atoms with Crippen LogP contribution in [0.25, 0.3) is 0 Å². The lowest BCUT2D eigenvalue weighted by Crippen LogP contribution is -2.58. The van der Waals surface area contributed by atoms with E-state index in [0.29, 0.717) is 31.3 Å². The standard InChI is InChI=1S/C53H78O16/c1-12-29(4)48-32(7)18-19-52(69-48)25-38-22-37(68-52)17-16-31(6)47(66-44-24-41(60-11)49(34(9)64-44)67-43-23-40(59-10)45(55)33(8)63-43)30(5)14-13-15-36-27-62-50-46(56)35(26-61-42(54)20-28(2)3)21-39(51(57)65-38)53(36,50)58/h13-16,18-21,29-30,32-34,37-41,43-50,55-56,58H,12,17,22-27H2,1-11H3/b14-13+,31-16+,36-15-/t29-,30-,32-,33-,34-,37+,38-,39-,40-,41-,43-,44-,45-,46+,47-,48+,49-,50-,52+,53-/m0/s1. The zero-order chi connectivity index (χ0) is 49.9. The van der Waals surface area contributed by atoms with E-state index in [1.54, 1.807) is 47.1 Å². The number of aliphatic hydroxyl groups excluding tert-OH is 2. The molecule has 4 fully saturated rings. The first-order valence-corrected chi connectivity index (χ1v) is 25.0. The van der Waals surface area contributed by atoms with E-state index in [2.05, 4.69) is 32.9 Å². The number of allylic oxidation sites excluding steroid dienone is 3. The van der Waals surface area contributed by atoms with Crippen LogP contribution in [0.4, 0.5) is 0 Å². The Labute approximate surface area is 407 Å². The molecule has 0 aromatic carbocycles. The van der Waals surface area contributed by atoms with Gasteiger partial charge >= 0.3 is 11.9 Å². The van der Waals surface area contributed by atoms with E-state index in [0.717, 1.165) is 17.6 Å². The van der Waals surface area contributed by atoms with Crippen molar-refractivity contribution in [3.63, 3.8) is 0 Å². The van der Waals surface area contributed by atoms with Gasteiger partial charge in [-0.15, -0.1) is 0 Å². The second-order valence-electron chi connectivity index (χ2n) is 20.6. The molecule has 0 aromatic heterocycles. The third-order valence-corrected chi connectivity index (χ3v) is 15.2. The van der Waals surface area contributed by atoms with E-state index in [1.807, 2.05) is 32.9 Å². The summed E-state index contributed by atoms with van der Waals surface area (Å²) in [5.41, 5.74) is 0.247. The number of rotatable bonds is 11. The first-order valence-electron chi connectivity index (χ1n) is 25.0. The smallest absolute Gasteiger partial charge is 0.331 e. The van der Waals surface area contributed by atoms with Gasteiger partial charge in [0.25, 0.3) is 0 Å². The fourth-order valence-corrected chi connectivity index (χ4v) is 11.0. The van der Waals surface area contributed by atoms with Crippen molar-refractivity contribution >= 4 is 11.9 Å². The molecular formula is C53H78O16. The molecule has 1 aliphatic carbocycles. The molecule has 0 unspecified atom stereocenters. The van der Waals surface area contributed by atoms with Crippen LogP contribution in [0.3, 0.4) is 0 Å². The largest absolute Gasteiger partial charge is 0.462 e. The summed E-state index contributed by atoms with van der Waals surface area (Å²) in [6.07, 6.45) is 8.21. The summed E-state index contributed by atoms with van der Waals surface area (Å²) >= 11 is 0. The minimum atomic E-state index is -2.01. The summed E-state index contributed by atoms with van der Waals surface area (Å²) in [7, 11) is 3.20. The van der Waals surface area contributed by atoms with Crippen LogP contribution in [0.2, 0.25) is 0 Å². The zero-order valence-corrected chi connectivity index (χ0v) is 42.3. The Morgan fingerprint density at radius 2 is 1.65 bits per heavy atom. The monoisotopic (exact) mass is 971 g/mol. The SMILES string of the molecule is CC[C@H](C)[C@H]1O[C@]2(C=C[C@@H]1C)C[C@@H]1C[C@@H](C/C=C(\C)[C@@H](O[C@H]3C[C@H](OC)[C@@H](O[C@H]4C[C@H](OC)[C@@H](O)[C@H](C)O4)[C@H](C)O3)[C@@H](C)/C=C/C=C3/CO[C@H]4[C@H](O)C(COC(=O)C=C(C)C)=C[C@@H](C(=O)O1)[C@@]34O)O2. The maximum Gasteiger partial charge on any atom is 0.331 e. The first-order chi connectivity index (χ1) is 32.8. The maximum absolute atomic E-state index is 14.7. The topological polar surface area (TPSA) is 196 Å². The molecule has 7 aliphatic rings. The van der Waals surface area contributed by atoms with Crippen LogP contribution in [0.5, 0.6) is 0 Å². The molecule has 0 radical (unpaired) electrons. The number of carbonyl (C=O) groups excluding carboxylic acids is 2. The summed E-state index contributed by atoms with van der Waals surface area (Å²) in [6, 6.07) is 0. The molecule has 2 bridgehead atoms. The molecular weight excluding hydrogens is 893 g/mol. The number of carbonyl (C=O) groups is 2. The lowest BCUT2D eigenvalue weighted by atomic mass is 9.70. The van der Waals surface area contributed by atoms with Crippen molar-refractivity contribution in [1.29, 1.82) is 0 Å². The molecule has 6 heterocycles. The summed E-state index contributed by atoms with van der Waals surface area (Å²) in [5, 5.41) is 35.0. The van der Waals surface area contributed by atoms with E-state index in [1.165, 1.54) is 12.2 Å². The lowest BCUT2D eigenvalue weighted by molar-refractivity contribution is -0.318. The molecule has 20 atom stereocenters. The highest BCUT2D eigenvalue weighted by Crippen LogP contribution is 2.47. The molecule has 1 spiro atoms. The van der Waals surface area contributed by atoms with Crippen molar-refractivity contribution < 1.29 is 77.0 Å². The highest BCUT2D eigenvalue weighted by atomic mass is 16.7. The second-order valence-corrected chi connectivity index (χ2v) is 20.6.